The number of amides is 1. The number of carbonyl (C=O) groups is 1. The maximum Gasteiger partial charge on any atom is 0.407 e. The summed E-state index contributed by atoms with van der Waals surface area (Å²) in [5.74, 6) is 0. The van der Waals surface area contributed by atoms with Gasteiger partial charge in [0.25, 0.3) is 0 Å². The van der Waals surface area contributed by atoms with Crippen LogP contribution in [0.2, 0.25) is 0 Å². The van der Waals surface area contributed by atoms with Crippen LogP contribution in [-0.4, -0.2) is 30.9 Å². The second kappa shape index (κ2) is 9.53. The van der Waals surface area contributed by atoms with Gasteiger partial charge in [0.05, 0.1) is 6.61 Å². The van der Waals surface area contributed by atoms with Gasteiger partial charge in [0.15, 0.2) is 0 Å². The molecule has 1 aromatic carbocycles. The van der Waals surface area contributed by atoms with Gasteiger partial charge in [-0.15, -0.1) is 0 Å². The van der Waals surface area contributed by atoms with Crippen molar-refractivity contribution in [3.8, 4) is 0 Å². The normalized spacial score (nSPS) is 12.7. The monoisotopic (exact) mass is 322 g/mol. The Kier molecular flexibility index (Phi) is 8.06. The van der Waals surface area contributed by atoms with Crippen molar-refractivity contribution in [1.82, 2.24) is 10.6 Å². The molecule has 5 nitrogen and oxygen atoms in total. The van der Waals surface area contributed by atoms with E-state index >= 15 is 0 Å². The highest BCUT2D eigenvalue weighted by Gasteiger charge is 2.16. The summed E-state index contributed by atoms with van der Waals surface area (Å²) in [6.07, 6.45) is -0.386. The van der Waals surface area contributed by atoms with Crippen LogP contribution in [0.1, 0.15) is 45.7 Å². The molecular weight excluding hydrogens is 292 g/mol. The lowest BCUT2D eigenvalue weighted by Crippen LogP contribution is -2.41. The van der Waals surface area contributed by atoms with Gasteiger partial charge in [0, 0.05) is 25.7 Å². The van der Waals surface area contributed by atoms with Crippen molar-refractivity contribution >= 4 is 6.09 Å². The van der Waals surface area contributed by atoms with Crippen LogP contribution in [-0.2, 0) is 22.6 Å². The van der Waals surface area contributed by atoms with Crippen molar-refractivity contribution in [3.05, 3.63) is 35.4 Å². The Labute approximate surface area is 139 Å². The number of hydrogen-bond acceptors (Lipinski definition) is 4. The average Bonchev–Trinajstić information content (AvgIpc) is 2.48. The molecule has 0 fully saturated rings. The molecule has 0 aliphatic heterocycles. The molecule has 0 radical (unpaired) electrons. The number of alkyl carbamates (subject to hydrolysis) is 1. The molecular formula is C18H30N2O3. The van der Waals surface area contributed by atoms with Gasteiger partial charge < -0.3 is 20.1 Å². The van der Waals surface area contributed by atoms with Crippen LogP contribution in [0, 0.1) is 0 Å². The summed E-state index contributed by atoms with van der Waals surface area (Å²) in [5, 5.41) is 6.18. The van der Waals surface area contributed by atoms with Crippen molar-refractivity contribution in [2.75, 3.05) is 13.2 Å². The lowest BCUT2D eigenvalue weighted by molar-refractivity contribution is 0.0523. The smallest absolute Gasteiger partial charge is 0.407 e. The van der Waals surface area contributed by atoms with E-state index in [9.17, 15) is 4.79 Å². The van der Waals surface area contributed by atoms with Crippen LogP contribution in [0.25, 0.3) is 0 Å². The van der Waals surface area contributed by atoms with Gasteiger partial charge in [-0.25, -0.2) is 4.79 Å². The molecule has 0 saturated carbocycles. The minimum absolute atomic E-state index is 0.141. The summed E-state index contributed by atoms with van der Waals surface area (Å²) in [4.78, 5) is 11.6. The molecule has 1 rings (SSSR count). The standard InChI is InChI=1S/C18H30N2O3/c1-6-22-13-16-10-8-7-9-15(16)12-19-14(2)11-20-17(21)23-18(3,4)5/h7-10,14,19H,6,11-13H2,1-5H3,(H,20,21). The SMILES string of the molecule is CCOCc1ccccc1CNC(C)CNC(=O)OC(C)(C)C. The second-order valence-electron chi connectivity index (χ2n) is 6.57. The molecule has 0 aliphatic carbocycles. The summed E-state index contributed by atoms with van der Waals surface area (Å²) in [7, 11) is 0. The highest BCUT2D eigenvalue weighted by atomic mass is 16.6. The van der Waals surface area contributed by atoms with Crippen molar-refractivity contribution in [2.24, 2.45) is 0 Å². The lowest BCUT2D eigenvalue weighted by atomic mass is 10.1. The van der Waals surface area contributed by atoms with Crippen LogP contribution < -0.4 is 10.6 Å². The molecule has 1 aromatic rings. The van der Waals surface area contributed by atoms with Gasteiger partial charge in [-0.3, -0.25) is 0 Å². The first kappa shape index (κ1) is 19.5. The fourth-order valence-electron chi connectivity index (χ4n) is 1.99. The number of hydrogen-bond donors (Lipinski definition) is 2. The predicted molar refractivity (Wildman–Crippen MR) is 92.3 cm³/mol. The molecule has 0 bridgehead atoms. The topological polar surface area (TPSA) is 59.6 Å². The Morgan fingerprint density at radius 3 is 2.48 bits per heavy atom. The summed E-state index contributed by atoms with van der Waals surface area (Å²) in [6, 6.07) is 8.36. The average molecular weight is 322 g/mol. The third-order valence-corrected chi connectivity index (χ3v) is 3.17. The van der Waals surface area contributed by atoms with Crippen molar-refractivity contribution in [2.45, 2.75) is 59.4 Å². The molecule has 130 valence electrons. The predicted octanol–water partition coefficient (Wildman–Crippen LogP) is 3.23. The third-order valence-electron chi connectivity index (χ3n) is 3.17. The van der Waals surface area contributed by atoms with E-state index in [-0.39, 0.29) is 12.1 Å². The van der Waals surface area contributed by atoms with E-state index in [0.29, 0.717) is 19.8 Å². The largest absolute Gasteiger partial charge is 0.444 e. The minimum Gasteiger partial charge on any atom is -0.444 e. The van der Waals surface area contributed by atoms with Gasteiger partial charge in [0.1, 0.15) is 5.60 Å². The molecule has 1 amide bonds. The molecule has 23 heavy (non-hydrogen) atoms. The maximum atomic E-state index is 11.6. The quantitative estimate of drug-likeness (QED) is 0.771. The number of ether oxygens (including phenoxy) is 2. The zero-order valence-electron chi connectivity index (χ0n) is 14.9. The number of rotatable bonds is 8. The molecule has 0 aliphatic rings. The molecule has 0 saturated heterocycles. The Hall–Kier alpha value is -1.59. The number of carbonyl (C=O) groups excluding carboxylic acids is 1. The van der Waals surface area contributed by atoms with Crippen molar-refractivity contribution in [3.63, 3.8) is 0 Å². The van der Waals surface area contributed by atoms with E-state index < -0.39 is 5.60 Å². The van der Waals surface area contributed by atoms with Crippen LogP contribution in [0.4, 0.5) is 4.79 Å². The molecule has 1 atom stereocenters. The van der Waals surface area contributed by atoms with E-state index in [4.69, 9.17) is 9.47 Å². The molecule has 5 heteroatoms. The highest BCUT2D eigenvalue weighted by Crippen LogP contribution is 2.10. The first-order valence-electron chi connectivity index (χ1n) is 8.16. The fraction of sp³-hybridized carbons (Fsp3) is 0.611. The summed E-state index contributed by atoms with van der Waals surface area (Å²) < 4.78 is 10.7. The fourth-order valence-corrected chi connectivity index (χ4v) is 1.99. The van der Waals surface area contributed by atoms with Crippen molar-refractivity contribution in [1.29, 1.82) is 0 Å². The molecule has 0 spiro atoms. The van der Waals surface area contributed by atoms with E-state index in [0.717, 1.165) is 6.54 Å². The van der Waals surface area contributed by atoms with Gasteiger partial charge in [0.2, 0.25) is 0 Å². The zero-order chi connectivity index (χ0) is 17.3. The van der Waals surface area contributed by atoms with Crippen LogP contribution >= 0.6 is 0 Å². The molecule has 2 N–H and O–H groups in total. The van der Waals surface area contributed by atoms with Gasteiger partial charge in [-0.05, 0) is 45.7 Å². The van der Waals surface area contributed by atoms with Gasteiger partial charge in [-0.1, -0.05) is 24.3 Å². The first-order chi connectivity index (χ1) is 10.8. The highest BCUT2D eigenvalue weighted by molar-refractivity contribution is 5.67. The third kappa shape index (κ3) is 8.57. The Morgan fingerprint density at radius 2 is 1.87 bits per heavy atom. The molecule has 1 unspecified atom stereocenters. The van der Waals surface area contributed by atoms with E-state index in [1.165, 1.54) is 11.1 Å². The Bertz CT molecular complexity index is 483. The van der Waals surface area contributed by atoms with Crippen LogP contribution in [0.5, 0.6) is 0 Å². The van der Waals surface area contributed by atoms with Gasteiger partial charge in [-0.2, -0.15) is 0 Å². The van der Waals surface area contributed by atoms with Crippen molar-refractivity contribution < 1.29 is 14.3 Å². The molecule has 0 aromatic heterocycles. The maximum absolute atomic E-state index is 11.6. The first-order valence-corrected chi connectivity index (χ1v) is 8.16. The van der Waals surface area contributed by atoms with Gasteiger partial charge >= 0.3 is 6.09 Å². The van der Waals surface area contributed by atoms with E-state index in [1.54, 1.807) is 0 Å². The van der Waals surface area contributed by atoms with Crippen LogP contribution in [0.15, 0.2) is 24.3 Å². The lowest BCUT2D eigenvalue weighted by Gasteiger charge is -2.21. The summed E-state index contributed by atoms with van der Waals surface area (Å²) in [5.41, 5.74) is 1.93. The zero-order valence-corrected chi connectivity index (χ0v) is 14.9. The Balaban J connectivity index is 2.39. The summed E-state index contributed by atoms with van der Waals surface area (Å²) in [6.45, 7) is 12.2. The second-order valence-corrected chi connectivity index (χ2v) is 6.57. The minimum atomic E-state index is -0.473. The number of benzene rings is 1. The van der Waals surface area contributed by atoms with E-state index in [2.05, 4.69) is 22.8 Å². The molecule has 0 heterocycles. The van der Waals surface area contributed by atoms with E-state index in [1.807, 2.05) is 46.8 Å². The summed E-state index contributed by atoms with van der Waals surface area (Å²) >= 11 is 0. The Morgan fingerprint density at radius 1 is 1.22 bits per heavy atom. The number of nitrogens with one attached hydrogen (secondary N) is 2. The van der Waals surface area contributed by atoms with Crippen LogP contribution in [0.3, 0.4) is 0 Å².